The summed E-state index contributed by atoms with van der Waals surface area (Å²) in [6, 6.07) is 3.83. The molecule has 1 atom stereocenters. The lowest BCUT2D eigenvalue weighted by atomic mass is 9.81. The van der Waals surface area contributed by atoms with Crippen molar-refractivity contribution in [3.05, 3.63) is 24.0 Å². The number of ketones is 1. The van der Waals surface area contributed by atoms with Crippen molar-refractivity contribution >= 4 is 5.78 Å². The van der Waals surface area contributed by atoms with Crippen molar-refractivity contribution in [1.82, 2.24) is 4.98 Å². The van der Waals surface area contributed by atoms with E-state index in [-0.39, 0.29) is 11.9 Å². The van der Waals surface area contributed by atoms with Gasteiger partial charge in [0.2, 0.25) is 0 Å². The van der Waals surface area contributed by atoms with Crippen LogP contribution in [0.2, 0.25) is 0 Å². The van der Waals surface area contributed by atoms with Crippen LogP contribution in [-0.2, 0) is 9.53 Å². The molecule has 0 saturated heterocycles. The lowest BCUT2D eigenvalue weighted by molar-refractivity contribution is -0.132. The van der Waals surface area contributed by atoms with E-state index in [1.165, 1.54) is 0 Å². The summed E-state index contributed by atoms with van der Waals surface area (Å²) in [5.41, 5.74) is 0.437. The van der Waals surface area contributed by atoms with E-state index in [0.717, 1.165) is 5.69 Å². The molecular weight excluding hydrogens is 178 g/mol. The first-order valence-electron chi connectivity index (χ1n) is 4.67. The molecule has 0 aliphatic carbocycles. The monoisotopic (exact) mass is 195 g/mol. The Morgan fingerprint density at radius 2 is 2.21 bits per heavy atom. The van der Waals surface area contributed by atoms with Crippen molar-refractivity contribution in [2.24, 2.45) is 5.41 Å². The van der Waals surface area contributed by atoms with Gasteiger partial charge in [-0.15, -0.1) is 0 Å². The predicted octanol–water partition coefficient (Wildman–Crippen LogP) is 2.32. The second-order valence-electron chi connectivity index (χ2n) is 4.02. The maximum absolute atomic E-state index is 11.5. The molecule has 3 nitrogen and oxygen atoms in total. The predicted molar refractivity (Wildman–Crippen MR) is 55.0 cm³/mol. The smallest absolute Gasteiger partial charge is 0.138 e. The molecule has 0 radical (unpaired) electrons. The fourth-order valence-corrected chi connectivity index (χ4v) is 1.50. The minimum atomic E-state index is -0.500. The van der Waals surface area contributed by atoms with Crippen LogP contribution in [0.25, 0.3) is 0 Å². The summed E-state index contributed by atoms with van der Waals surface area (Å²) in [5.74, 6) is 0.124. The number of H-pyrrole nitrogens is 1. The van der Waals surface area contributed by atoms with Crippen LogP contribution in [0, 0.1) is 5.41 Å². The Morgan fingerprint density at radius 3 is 2.57 bits per heavy atom. The van der Waals surface area contributed by atoms with Crippen LogP contribution in [0.1, 0.15) is 32.6 Å². The summed E-state index contributed by atoms with van der Waals surface area (Å²) in [5, 5.41) is 0. The van der Waals surface area contributed by atoms with Gasteiger partial charge in [-0.1, -0.05) is 13.8 Å². The first-order chi connectivity index (χ1) is 6.50. The van der Waals surface area contributed by atoms with Gasteiger partial charge in [0.25, 0.3) is 0 Å². The second-order valence-corrected chi connectivity index (χ2v) is 4.02. The van der Waals surface area contributed by atoms with Gasteiger partial charge in [0.15, 0.2) is 0 Å². The highest BCUT2D eigenvalue weighted by molar-refractivity contribution is 5.82. The van der Waals surface area contributed by atoms with Crippen LogP contribution in [0.3, 0.4) is 0 Å². The van der Waals surface area contributed by atoms with Gasteiger partial charge < -0.3 is 9.72 Å². The largest absolute Gasteiger partial charge is 0.374 e. The van der Waals surface area contributed by atoms with E-state index in [1.807, 2.05) is 32.2 Å². The Balaban J connectivity index is 2.98. The third-order valence-corrected chi connectivity index (χ3v) is 2.70. The Bertz CT molecular complexity index is 301. The van der Waals surface area contributed by atoms with Crippen LogP contribution < -0.4 is 0 Å². The number of ether oxygens (including phenoxy) is 1. The van der Waals surface area contributed by atoms with Crippen LogP contribution in [-0.4, -0.2) is 17.9 Å². The fraction of sp³-hybridized carbons (Fsp3) is 0.545. The molecule has 78 valence electrons. The molecule has 0 amide bonds. The first kappa shape index (κ1) is 11.0. The lowest BCUT2D eigenvalue weighted by Gasteiger charge is -2.30. The Morgan fingerprint density at radius 1 is 1.57 bits per heavy atom. The maximum Gasteiger partial charge on any atom is 0.138 e. The zero-order valence-electron chi connectivity index (χ0n) is 9.13. The van der Waals surface area contributed by atoms with Crippen LogP contribution in [0.4, 0.5) is 0 Å². The molecule has 14 heavy (non-hydrogen) atoms. The van der Waals surface area contributed by atoms with Crippen molar-refractivity contribution in [1.29, 1.82) is 0 Å². The minimum Gasteiger partial charge on any atom is -0.374 e. The molecule has 1 aromatic heterocycles. The third kappa shape index (κ3) is 1.87. The Labute approximate surface area is 84.5 Å². The maximum atomic E-state index is 11.5. The summed E-state index contributed by atoms with van der Waals surface area (Å²) in [4.78, 5) is 14.5. The Kier molecular flexibility index (Phi) is 3.11. The van der Waals surface area contributed by atoms with Crippen molar-refractivity contribution < 1.29 is 9.53 Å². The summed E-state index contributed by atoms with van der Waals surface area (Å²) < 4.78 is 5.37. The van der Waals surface area contributed by atoms with E-state index in [1.54, 1.807) is 14.0 Å². The van der Waals surface area contributed by atoms with Gasteiger partial charge in [0, 0.05) is 19.0 Å². The number of methoxy groups -OCH3 is 1. The van der Waals surface area contributed by atoms with Gasteiger partial charge in [0.05, 0.1) is 5.41 Å². The molecule has 1 heterocycles. The standard InChI is InChI=1S/C11H17NO2/c1-8(13)11(2,3)10(14-4)9-6-5-7-12-9/h5-7,10,12H,1-4H3. The molecule has 1 N–H and O–H groups in total. The zero-order chi connectivity index (χ0) is 10.8. The molecule has 1 unspecified atom stereocenters. The Hall–Kier alpha value is -1.09. The van der Waals surface area contributed by atoms with Crippen molar-refractivity contribution in [2.45, 2.75) is 26.9 Å². The first-order valence-corrected chi connectivity index (χ1v) is 4.67. The molecule has 1 rings (SSSR count). The van der Waals surface area contributed by atoms with E-state index in [9.17, 15) is 4.79 Å². The average Bonchev–Trinajstić information content (AvgIpc) is 2.57. The van der Waals surface area contributed by atoms with E-state index in [2.05, 4.69) is 4.98 Å². The highest BCUT2D eigenvalue weighted by Gasteiger charge is 2.35. The number of carbonyl (C=O) groups is 1. The van der Waals surface area contributed by atoms with E-state index < -0.39 is 5.41 Å². The highest BCUT2D eigenvalue weighted by atomic mass is 16.5. The van der Waals surface area contributed by atoms with Gasteiger partial charge >= 0.3 is 0 Å². The zero-order valence-corrected chi connectivity index (χ0v) is 9.13. The number of Topliss-reactive ketones (excluding diaryl/α,β-unsaturated/α-hetero) is 1. The van der Waals surface area contributed by atoms with Crippen molar-refractivity contribution in [2.75, 3.05) is 7.11 Å². The SMILES string of the molecule is COC(c1ccc[nH]1)C(C)(C)C(C)=O. The molecule has 3 heteroatoms. The molecule has 0 aromatic carbocycles. The number of hydrogen-bond donors (Lipinski definition) is 1. The summed E-state index contributed by atoms with van der Waals surface area (Å²) >= 11 is 0. The van der Waals surface area contributed by atoms with Crippen LogP contribution in [0.15, 0.2) is 18.3 Å². The number of rotatable bonds is 4. The van der Waals surface area contributed by atoms with E-state index in [4.69, 9.17) is 4.74 Å². The number of aromatic amines is 1. The molecule has 0 aliphatic heterocycles. The summed E-state index contributed by atoms with van der Waals surface area (Å²) in [6.07, 6.45) is 1.62. The quantitative estimate of drug-likeness (QED) is 0.801. The molecule has 0 aliphatic rings. The third-order valence-electron chi connectivity index (χ3n) is 2.70. The van der Waals surface area contributed by atoms with Crippen molar-refractivity contribution in [3.63, 3.8) is 0 Å². The van der Waals surface area contributed by atoms with Gasteiger partial charge in [-0.05, 0) is 19.1 Å². The molecule has 0 saturated carbocycles. The van der Waals surface area contributed by atoms with Gasteiger partial charge in [-0.25, -0.2) is 0 Å². The average molecular weight is 195 g/mol. The molecular formula is C11H17NO2. The van der Waals surface area contributed by atoms with Gasteiger partial charge in [-0.2, -0.15) is 0 Å². The van der Waals surface area contributed by atoms with Crippen LogP contribution >= 0.6 is 0 Å². The fourth-order valence-electron chi connectivity index (χ4n) is 1.50. The molecule has 0 bridgehead atoms. The summed E-state index contributed by atoms with van der Waals surface area (Å²) in [7, 11) is 1.62. The molecule has 0 spiro atoms. The number of aromatic nitrogens is 1. The number of nitrogens with one attached hydrogen (secondary N) is 1. The summed E-state index contributed by atoms with van der Waals surface area (Å²) in [6.45, 7) is 5.38. The second kappa shape index (κ2) is 3.96. The highest BCUT2D eigenvalue weighted by Crippen LogP contribution is 2.35. The minimum absolute atomic E-state index is 0.124. The van der Waals surface area contributed by atoms with Gasteiger partial charge in [0.1, 0.15) is 11.9 Å². The van der Waals surface area contributed by atoms with Crippen molar-refractivity contribution in [3.8, 4) is 0 Å². The lowest BCUT2D eigenvalue weighted by Crippen LogP contribution is -2.31. The topological polar surface area (TPSA) is 42.1 Å². The van der Waals surface area contributed by atoms with Crippen LogP contribution in [0.5, 0.6) is 0 Å². The number of hydrogen-bond acceptors (Lipinski definition) is 2. The van der Waals surface area contributed by atoms with E-state index >= 15 is 0 Å². The molecule has 0 fully saturated rings. The number of carbonyl (C=O) groups excluding carboxylic acids is 1. The van der Waals surface area contributed by atoms with Gasteiger partial charge in [-0.3, -0.25) is 4.79 Å². The van der Waals surface area contributed by atoms with E-state index in [0.29, 0.717) is 0 Å². The molecule has 1 aromatic rings. The normalized spacial score (nSPS) is 14.0.